The van der Waals surface area contributed by atoms with Crippen molar-refractivity contribution in [3.8, 4) is 0 Å². The van der Waals surface area contributed by atoms with Crippen LogP contribution in [0.2, 0.25) is 0 Å². The van der Waals surface area contributed by atoms with E-state index in [9.17, 15) is 4.21 Å². The van der Waals surface area contributed by atoms with E-state index in [4.69, 9.17) is 23.2 Å². The minimum Gasteiger partial charge on any atom is -0.320 e. The Labute approximate surface area is 159 Å². The first-order valence-electron chi connectivity index (χ1n) is 7.83. The van der Waals surface area contributed by atoms with Crippen LogP contribution in [0.3, 0.4) is 0 Å². The minimum absolute atomic E-state index is 0.449. The molecule has 0 aromatic carbocycles. The fraction of sp³-hybridized carbons (Fsp3) is 0.750. The molecule has 0 aromatic rings. The summed E-state index contributed by atoms with van der Waals surface area (Å²) in [5, 5.41) is 3.58. The van der Waals surface area contributed by atoms with Crippen LogP contribution in [0.5, 0.6) is 0 Å². The number of nitrogens with zero attached hydrogens (tertiary/aromatic N) is 1. The van der Waals surface area contributed by atoms with Crippen LogP contribution < -0.4 is 5.32 Å². The topological polar surface area (TPSA) is 32.3 Å². The molecule has 1 aliphatic heterocycles. The normalized spacial score (nSPS) is 15.5. The van der Waals surface area contributed by atoms with E-state index < -0.39 is 10.8 Å². The summed E-state index contributed by atoms with van der Waals surface area (Å²) in [7, 11) is 1.45. The van der Waals surface area contributed by atoms with Crippen LogP contribution in [0, 0.1) is 0 Å². The smallest absolute Gasteiger partial charge is 0.0363 e. The lowest BCUT2D eigenvalue weighted by atomic mass is 10.3. The van der Waals surface area contributed by atoms with Gasteiger partial charge in [-0.2, -0.15) is 11.8 Å². The third-order valence-electron chi connectivity index (χ3n) is 2.82. The summed E-state index contributed by atoms with van der Waals surface area (Å²) in [6.07, 6.45) is 6.14. The standard InChI is InChI=1S/C8H18N2OS.C4H4Cl2.C4H10S/c1-9-3-2-4-10-5-7-12(11)8-6-10;1-4(6)2-3-5;1-3-4-5-2/h9H,2-8H2,1H3;2-3H,1H2;3-4H2,1-2H3/b;3-2+;. The van der Waals surface area contributed by atoms with Gasteiger partial charge in [0.15, 0.2) is 0 Å². The highest BCUT2D eigenvalue weighted by atomic mass is 35.5. The minimum atomic E-state index is -0.526. The van der Waals surface area contributed by atoms with Crippen LogP contribution in [0.25, 0.3) is 0 Å². The zero-order valence-corrected chi connectivity index (χ0v) is 17.8. The van der Waals surface area contributed by atoms with Gasteiger partial charge in [-0.3, -0.25) is 4.21 Å². The molecular formula is C16H32Cl2N2OS2. The molecular weight excluding hydrogens is 371 g/mol. The highest BCUT2D eigenvalue weighted by molar-refractivity contribution is 7.98. The zero-order chi connectivity index (χ0) is 17.9. The number of hydrogen-bond donors (Lipinski definition) is 1. The molecule has 0 atom stereocenters. The zero-order valence-electron chi connectivity index (χ0n) is 14.7. The maximum atomic E-state index is 11.0. The summed E-state index contributed by atoms with van der Waals surface area (Å²) in [5.74, 6) is 3.05. The van der Waals surface area contributed by atoms with Crippen molar-refractivity contribution in [3.05, 3.63) is 23.2 Å². The first-order chi connectivity index (χ1) is 11.0. The molecule has 1 saturated heterocycles. The average molecular weight is 403 g/mol. The first kappa shape index (κ1) is 25.7. The molecule has 23 heavy (non-hydrogen) atoms. The molecule has 0 spiro atoms. The van der Waals surface area contributed by atoms with Gasteiger partial charge in [-0.05, 0) is 51.1 Å². The molecule has 1 N–H and O–H groups in total. The van der Waals surface area contributed by atoms with E-state index in [1.807, 2.05) is 18.8 Å². The van der Waals surface area contributed by atoms with Crippen molar-refractivity contribution in [2.24, 2.45) is 0 Å². The van der Waals surface area contributed by atoms with E-state index >= 15 is 0 Å². The molecule has 0 bridgehead atoms. The fourth-order valence-corrected chi connectivity index (χ4v) is 3.47. The van der Waals surface area contributed by atoms with Crippen molar-refractivity contribution < 1.29 is 4.21 Å². The van der Waals surface area contributed by atoms with Gasteiger partial charge in [0, 0.05) is 46.0 Å². The van der Waals surface area contributed by atoms with Crippen LogP contribution in [0.15, 0.2) is 23.2 Å². The summed E-state index contributed by atoms with van der Waals surface area (Å²) in [4.78, 5) is 2.40. The van der Waals surface area contributed by atoms with Crippen LogP contribution >= 0.6 is 35.0 Å². The number of thioether (sulfide) groups is 1. The van der Waals surface area contributed by atoms with E-state index in [0.717, 1.165) is 37.7 Å². The third kappa shape index (κ3) is 22.5. The Balaban J connectivity index is 0. The summed E-state index contributed by atoms with van der Waals surface area (Å²) >= 11 is 12.2. The largest absolute Gasteiger partial charge is 0.320 e. The second-order valence-electron chi connectivity index (χ2n) is 4.88. The highest BCUT2D eigenvalue weighted by Crippen LogP contribution is 2.00. The predicted molar refractivity (Wildman–Crippen MR) is 112 cm³/mol. The maximum Gasteiger partial charge on any atom is 0.0363 e. The van der Waals surface area contributed by atoms with E-state index in [1.54, 1.807) is 0 Å². The lowest BCUT2D eigenvalue weighted by Gasteiger charge is -2.25. The summed E-state index contributed by atoms with van der Waals surface area (Å²) in [5.41, 5.74) is 1.31. The molecule has 1 rings (SSSR count). The third-order valence-corrected chi connectivity index (χ3v) is 5.17. The fourth-order valence-electron chi connectivity index (χ4n) is 1.65. The van der Waals surface area contributed by atoms with Gasteiger partial charge in [0.05, 0.1) is 0 Å². The molecule has 0 amide bonds. The van der Waals surface area contributed by atoms with E-state index in [-0.39, 0.29) is 0 Å². The number of nitrogens with one attached hydrogen (secondary N) is 1. The first-order valence-corrected chi connectivity index (χ1v) is 11.5. The Morgan fingerprint density at radius 1 is 1.43 bits per heavy atom. The summed E-state index contributed by atoms with van der Waals surface area (Å²) < 4.78 is 11.0. The molecule has 0 aromatic heterocycles. The quantitative estimate of drug-likeness (QED) is 0.516. The molecule has 0 aliphatic carbocycles. The molecule has 0 saturated carbocycles. The van der Waals surface area contributed by atoms with Gasteiger partial charge in [-0.15, -0.1) is 0 Å². The average Bonchev–Trinajstić information content (AvgIpc) is 2.51. The Bertz CT molecular complexity index is 317. The molecule has 1 heterocycles. The lowest BCUT2D eigenvalue weighted by Crippen LogP contribution is -2.38. The molecule has 3 nitrogen and oxygen atoms in total. The van der Waals surface area contributed by atoms with Crippen molar-refractivity contribution in [2.45, 2.75) is 19.8 Å². The Morgan fingerprint density at radius 2 is 2.04 bits per heavy atom. The molecule has 1 fully saturated rings. The number of rotatable bonds is 7. The number of hydrogen-bond acceptors (Lipinski definition) is 4. The van der Waals surface area contributed by atoms with Crippen LogP contribution in [0.4, 0.5) is 0 Å². The van der Waals surface area contributed by atoms with Crippen molar-refractivity contribution in [1.82, 2.24) is 10.2 Å². The summed E-state index contributed by atoms with van der Waals surface area (Å²) in [6.45, 7) is 9.81. The van der Waals surface area contributed by atoms with Gasteiger partial charge in [0.25, 0.3) is 0 Å². The number of allylic oxidation sites excluding steroid dienone is 2. The van der Waals surface area contributed by atoms with Gasteiger partial charge in [0.2, 0.25) is 0 Å². The van der Waals surface area contributed by atoms with Gasteiger partial charge in [-0.25, -0.2) is 0 Å². The molecule has 0 radical (unpaired) electrons. The van der Waals surface area contributed by atoms with Gasteiger partial charge >= 0.3 is 0 Å². The van der Waals surface area contributed by atoms with Gasteiger partial charge in [0.1, 0.15) is 0 Å². The van der Waals surface area contributed by atoms with Crippen molar-refractivity contribution >= 4 is 45.8 Å². The SMILES string of the molecule is C=C(Cl)/C=C/Cl.CCCSC.CNCCCN1CCS(=O)CC1. The highest BCUT2D eigenvalue weighted by Gasteiger charge is 2.13. The monoisotopic (exact) mass is 402 g/mol. The Kier molecular flexibility index (Phi) is 22.9. The summed E-state index contributed by atoms with van der Waals surface area (Å²) in [6, 6.07) is 0. The van der Waals surface area contributed by atoms with Gasteiger partial charge < -0.3 is 10.2 Å². The van der Waals surface area contributed by atoms with Crippen LogP contribution in [0.1, 0.15) is 19.8 Å². The van der Waals surface area contributed by atoms with Crippen molar-refractivity contribution in [1.29, 1.82) is 0 Å². The van der Waals surface area contributed by atoms with Crippen molar-refractivity contribution in [2.75, 3.05) is 56.7 Å². The number of halogens is 2. The molecule has 0 unspecified atom stereocenters. The molecule has 138 valence electrons. The predicted octanol–water partition coefficient (Wildman–Crippen LogP) is 3.91. The van der Waals surface area contributed by atoms with Gasteiger partial charge in [-0.1, -0.05) is 36.7 Å². The van der Waals surface area contributed by atoms with Crippen LogP contribution in [-0.4, -0.2) is 65.8 Å². The lowest BCUT2D eigenvalue weighted by molar-refractivity contribution is 0.295. The Hall–Kier alpha value is 0.480. The van der Waals surface area contributed by atoms with E-state index in [2.05, 4.69) is 30.0 Å². The molecule has 7 heteroatoms. The maximum absolute atomic E-state index is 11.0. The van der Waals surface area contributed by atoms with E-state index in [1.165, 1.54) is 30.2 Å². The second kappa shape index (κ2) is 20.5. The molecule has 1 aliphatic rings. The Morgan fingerprint density at radius 3 is 2.35 bits per heavy atom. The van der Waals surface area contributed by atoms with Crippen LogP contribution in [-0.2, 0) is 10.8 Å². The second-order valence-corrected chi connectivity index (χ2v) is 8.30. The van der Waals surface area contributed by atoms with Crippen molar-refractivity contribution in [3.63, 3.8) is 0 Å². The van der Waals surface area contributed by atoms with E-state index in [0.29, 0.717) is 5.03 Å².